The van der Waals surface area contributed by atoms with Crippen molar-refractivity contribution in [3.63, 3.8) is 0 Å². The molecule has 0 spiro atoms. The molecule has 20 heavy (non-hydrogen) atoms. The molecule has 6 heteroatoms. The Labute approximate surface area is 117 Å². The molecule has 1 unspecified atom stereocenters. The van der Waals surface area contributed by atoms with E-state index in [-0.39, 0.29) is 18.4 Å². The molecule has 0 fully saturated rings. The first-order chi connectivity index (χ1) is 9.43. The fraction of sp³-hybridized carbons (Fsp3) is 0.429. The molecule has 1 atom stereocenters. The van der Waals surface area contributed by atoms with Crippen molar-refractivity contribution in [2.75, 3.05) is 11.4 Å². The van der Waals surface area contributed by atoms with Crippen molar-refractivity contribution in [3.8, 4) is 5.75 Å². The number of anilines is 1. The van der Waals surface area contributed by atoms with Crippen molar-refractivity contribution < 1.29 is 19.4 Å². The zero-order chi connectivity index (χ0) is 14.9. The molecule has 0 aromatic heterocycles. The number of rotatable bonds is 4. The number of benzene rings is 1. The predicted molar refractivity (Wildman–Crippen MR) is 73.6 cm³/mol. The van der Waals surface area contributed by atoms with E-state index in [9.17, 15) is 9.59 Å². The number of hydrogen-bond acceptors (Lipinski definition) is 4. The van der Waals surface area contributed by atoms with Crippen LogP contribution in [0.1, 0.15) is 19.4 Å². The molecule has 0 saturated carbocycles. The summed E-state index contributed by atoms with van der Waals surface area (Å²) in [5.74, 6) is -0.923. The highest BCUT2D eigenvalue weighted by Crippen LogP contribution is 2.36. The first-order valence-electron chi connectivity index (χ1n) is 6.47. The van der Waals surface area contributed by atoms with Gasteiger partial charge in [0, 0.05) is 6.54 Å². The molecule has 1 aliphatic rings. The lowest BCUT2D eigenvalue weighted by atomic mass is 10.0. The minimum atomic E-state index is -1.06. The molecule has 1 aromatic carbocycles. The van der Waals surface area contributed by atoms with Gasteiger partial charge in [0.2, 0.25) is 0 Å². The standard InChI is InChI=1S/C14H18N2O4/c1-8(2)13-14(19)16(7-12(17)18)10-4-3-9(6-15)5-11(10)20-13/h3-5,8,13H,6-7,15H2,1-2H3,(H,17,18). The lowest BCUT2D eigenvalue weighted by Crippen LogP contribution is -2.50. The largest absolute Gasteiger partial charge is 0.480 e. The number of nitrogens with two attached hydrogens (primary N) is 1. The van der Waals surface area contributed by atoms with Crippen molar-refractivity contribution in [1.29, 1.82) is 0 Å². The fourth-order valence-electron chi connectivity index (χ4n) is 2.18. The second kappa shape index (κ2) is 5.50. The Kier molecular flexibility index (Phi) is 3.94. The summed E-state index contributed by atoms with van der Waals surface area (Å²) in [7, 11) is 0. The van der Waals surface area contributed by atoms with E-state index in [2.05, 4.69) is 0 Å². The second-order valence-corrected chi connectivity index (χ2v) is 5.11. The van der Waals surface area contributed by atoms with Crippen LogP contribution in [0.4, 0.5) is 5.69 Å². The minimum Gasteiger partial charge on any atom is -0.480 e. The van der Waals surface area contributed by atoms with E-state index in [1.54, 1.807) is 18.2 Å². The number of nitrogens with zero attached hydrogens (tertiary/aromatic N) is 1. The third-order valence-electron chi connectivity index (χ3n) is 3.21. The number of carboxylic acid groups (broad SMARTS) is 1. The van der Waals surface area contributed by atoms with E-state index in [1.165, 1.54) is 4.90 Å². The maximum Gasteiger partial charge on any atom is 0.323 e. The Bertz CT molecular complexity index is 542. The van der Waals surface area contributed by atoms with Crippen molar-refractivity contribution >= 4 is 17.6 Å². The summed E-state index contributed by atoms with van der Waals surface area (Å²) in [5, 5.41) is 8.98. The molecule has 1 heterocycles. The average Bonchev–Trinajstić information content (AvgIpc) is 2.40. The Balaban J connectivity index is 2.46. The number of amides is 1. The van der Waals surface area contributed by atoms with Crippen LogP contribution in [0.2, 0.25) is 0 Å². The predicted octanol–water partition coefficient (Wildman–Crippen LogP) is 0.980. The number of ether oxygens (including phenoxy) is 1. The molecule has 1 amide bonds. The lowest BCUT2D eigenvalue weighted by Gasteiger charge is -2.35. The van der Waals surface area contributed by atoms with E-state index in [0.717, 1.165) is 5.56 Å². The highest BCUT2D eigenvalue weighted by Gasteiger charge is 2.37. The summed E-state index contributed by atoms with van der Waals surface area (Å²) in [4.78, 5) is 24.6. The van der Waals surface area contributed by atoms with Gasteiger partial charge in [-0.1, -0.05) is 19.9 Å². The monoisotopic (exact) mass is 278 g/mol. The molecule has 1 aliphatic heterocycles. The Morgan fingerprint density at radius 3 is 2.75 bits per heavy atom. The Morgan fingerprint density at radius 1 is 1.50 bits per heavy atom. The third kappa shape index (κ3) is 2.60. The van der Waals surface area contributed by atoms with Crippen LogP contribution >= 0.6 is 0 Å². The number of hydrogen-bond donors (Lipinski definition) is 2. The summed E-state index contributed by atoms with van der Waals surface area (Å²) < 4.78 is 5.72. The molecule has 1 aromatic rings. The molecule has 0 saturated heterocycles. The van der Waals surface area contributed by atoms with Crippen LogP contribution < -0.4 is 15.4 Å². The van der Waals surface area contributed by atoms with Gasteiger partial charge >= 0.3 is 5.97 Å². The summed E-state index contributed by atoms with van der Waals surface area (Å²) in [5.41, 5.74) is 6.94. The molecule has 3 N–H and O–H groups in total. The van der Waals surface area contributed by atoms with Crippen LogP contribution in [0.15, 0.2) is 18.2 Å². The van der Waals surface area contributed by atoms with Gasteiger partial charge in [-0.2, -0.15) is 0 Å². The van der Waals surface area contributed by atoms with E-state index >= 15 is 0 Å². The zero-order valence-electron chi connectivity index (χ0n) is 11.5. The van der Waals surface area contributed by atoms with Crippen LogP contribution in [0.25, 0.3) is 0 Å². The summed E-state index contributed by atoms with van der Waals surface area (Å²) in [6.07, 6.45) is -0.671. The SMILES string of the molecule is CC(C)C1Oc2cc(CN)ccc2N(CC(=O)O)C1=O. The number of carbonyl (C=O) groups is 2. The molecule has 6 nitrogen and oxygen atoms in total. The zero-order valence-corrected chi connectivity index (χ0v) is 11.5. The van der Waals surface area contributed by atoms with E-state index in [0.29, 0.717) is 18.0 Å². The highest BCUT2D eigenvalue weighted by atomic mass is 16.5. The number of carbonyl (C=O) groups excluding carboxylic acids is 1. The van der Waals surface area contributed by atoms with Crippen molar-refractivity contribution in [3.05, 3.63) is 23.8 Å². The minimum absolute atomic E-state index is 0.0477. The van der Waals surface area contributed by atoms with Crippen LogP contribution in [0, 0.1) is 5.92 Å². The van der Waals surface area contributed by atoms with Crippen LogP contribution in [-0.4, -0.2) is 29.6 Å². The van der Waals surface area contributed by atoms with Gasteiger partial charge in [0.25, 0.3) is 5.91 Å². The van der Waals surface area contributed by atoms with Crippen molar-refractivity contribution in [2.24, 2.45) is 11.7 Å². The highest BCUT2D eigenvalue weighted by molar-refractivity contribution is 6.03. The van der Waals surface area contributed by atoms with Gasteiger partial charge < -0.3 is 15.6 Å². The summed E-state index contributed by atoms with van der Waals surface area (Å²) >= 11 is 0. The van der Waals surface area contributed by atoms with Gasteiger partial charge in [0.05, 0.1) is 5.69 Å². The molecule has 0 bridgehead atoms. The quantitative estimate of drug-likeness (QED) is 0.856. The molecular formula is C14H18N2O4. The van der Waals surface area contributed by atoms with E-state index in [1.807, 2.05) is 13.8 Å². The fourth-order valence-corrected chi connectivity index (χ4v) is 2.18. The van der Waals surface area contributed by atoms with E-state index < -0.39 is 12.1 Å². The van der Waals surface area contributed by atoms with Gasteiger partial charge in [-0.05, 0) is 23.6 Å². The van der Waals surface area contributed by atoms with E-state index in [4.69, 9.17) is 15.6 Å². The number of aliphatic carboxylic acids is 1. The maximum absolute atomic E-state index is 12.3. The normalized spacial score (nSPS) is 17.9. The molecular weight excluding hydrogens is 260 g/mol. The molecule has 0 radical (unpaired) electrons. The molecule has 2 rings (SSSR count). The lowest BCUT2D eigenvalue weighted by molar-refractivity contribution is -0.138. The van der Waals surface area contributed by atoms with Gasteiger partial charge in [-0.3, -0.25) is 14.5 Å². The Hall–Kier alpha value is -2.08. The first kappa shape index (κ1) is 14.3. The van der Waals surface area contributed by atoms with Gasteiger partial charge in [0.1, 0.15) is 12.3 Å². The van der Waals surface area contributed by atoms with Gasteiger partial charge in [-0.15, -0.1) is 0 Å². The van der Waals surface area contributed by atoms with Gasteiger partial charge in [0.15, 0.2) is 6.10 Å². The smallest absolute Gasteiger partial charge is 0.323 e. The van der Waals surface area contributed by atoms with Crippen molar-refractivity contribution in [1.82, 2.24) is 0 Å². The van der Waals surface area contributed by atoms with Crippen LogP contribution in [0.3, 0.4) is 0 Å². The first-order valence-corrected chi connectivity index (χ1v) is 6.47. The summed E-state index contributed by atoms with van der Waals surface area (Å²) in [6.45, 7) is 3.70. The number of fused-ring (bicyclic) bond motifs is 1. The molecule has 0 aliphatic carbocycles. The van der Waals surface area contributed by atoms with Crippen molar-refractivity contribution in [2.45, 2.75) is 26.5 Å². The average molecular weight is 278 g/mol. The number of carboxylic acids is 1. The topological polar surface area (TPSA) is 92.9 Å². The summed E-state index contributed by atoms with van der Waals surface area (Å²) in [6, 6.07) is 5.20. The van der Waals surface area contributed by atoms with Gasteiger partial charge in [-0.25, -0.2) is 0 Å². The molecule has 108 valence electrons. The van der Waals surface area contributed by atoms with Crippen LogP contribution in [0.5, 0.6) is 5.75 Å². The van der Waals surface area contributed by atoms with Crippen LogP contribution in [-0.2, 0) is 16.1 Å². The maximum atomic E-state index is 12.3. The Morgan fingerprint density at radius 2 is 2.20 bits per heavy atom. The third-order valence-corrected chi connectivity index (χ3v) is 3.21. The second-order valence-electron chi connectivity index (χ2n) is 5.11.